The van der Waals surface area contributed by atoms with E-state index in [2.05, 4.69) is 5.32 Å². The zero-order chi connectivity index (χ0) is 11.3. The molecule has 0 unspecified atom stereocenters. The van der Waals surface area contributed by atoms with Crippen molar-refractivity contribution >= 4 is 5.91 Å². The van der Waals surface area contributed by atoms with Crippen molar-refractivity contribution < 1.29 is 9.90 Å². The average Bonchev–Trinajstić information content (AvgIpc) is 2.17. The quantitative estimate of drug-likeness (QED) is 0.775. The Morgan fingerprint density at radius 3 is 2.87 bits per heavy atom. The Hall–Kier alpha value is -1.35. The highest BCUT2D eigenvalue weighted by atomic mass is 16.3. The summed E-state index contributed by atoms with van der Waals surface area (Å²) in [6.45, 7) is 3.74. The van der Waals surface area contributed by atoms with E-state index in [9.17, 15) is 4.79 Å². The number of carbonyl (C=O) groups excluding carboxylic acids is 1. The van der Waals surface area contributed by atoms with Gasteiger partial charge >= 0.3 is 0 Å². The minimum atomic E-state index is -0.178. The van der Waals surface area contributed by atoms with Gasteiger partial charge in [0.15, 0.2) is 0 Å². The lowest BCUT2D eigenvalue weighted by Gasteiger charge is -2.10. The predicted molar refractivity (Wildman–Crippen MR) is 59.6 cm³/mol. The van der Waals surface area contributed by atoms with Gasteiger partial charge in [-0.2, -0.15) is 0 Å². The highest BCUT2D eigenvalue weighted by Gasteiger charge is 2.06. The summed E-state index contributed by atoms with van der Waals surface area (Å²) in [5.41, 5.74) is 2.15. The molecule has 3 heteroatoms. The molecule has 1 amide bonds. The summed E-state index contributed by atoms with van der Waals surface area (Å²) in [4.78, 5) is 11.5. The van der Waals surface area contributed by atoms with Crippen LogP contribution < -0.4 is 5.32 Å². The molecule has 0 aliphatic carbocycles. The van der Waals surface area contributed by atoms with Crippen LogP contribution in [-0.2, 0) is 11.2 Å². The maximum absolute atomic E-state index is 11.5. The van der Waals surface area contributed by atoms with Crippen LogP contribution in [0, 0.1) is 6.92 Å². The van der Waals surface area contributed by atoms with Crippen molar-refractivity contribution in [3.63, 3.8) is 0 Å². The molecule has 1 rings (SSSR count). The minimum absolute atomic E-state index is 0.0282. The van der Waals surface area contributed by atoms with Crippen LogP contribution in [0.25, 0.3) is 0 Å². The number of aliphatic hydroxyl groups excluding tert-OH is 1. The van der Waals surface area contributed by atoms with Gasteiger partial charge in [0.25, 0.3) is 0 Å². The number of carbonyl (C=O) groups is 1. The summed E-state index contributed by atoms with van der Waals surface area (Å²) >= 11 is 0. The molecule has 1 aromatic rings. The molecule has 15 heavy (non-hydrogen) atoms. The molecule has 1 atom stereocenters. The summed E-state index contributed by atoms with van der Waals surface area (Å²) in [5.74, 6) is -0.0536. The van der Waals surface area contributed by atoms with Gasteiger partial charge in [0, 0.05) is 6.04 Å². The molecule has 3 nitrogen and oxygen atoms in total. The van der Waals surface area contributed by atoms with E-state index in [4.69, 9.17) is 5.11 Å². The molecule has 0 saturated carbocycles. The summed E-state index contributed by atoms with van der Waals surface area (Å²) in [6.07, 6.45) is 0.367. The van der Waals surface area contributed by atoms with Crippen LogP contribution in [0.5, 0.6) is 0 Å². The van der Waals surface area contributed by atoms with E-state index >= 15 is 0 Å². The molecule has 0 spiro atoms. The number of benzene rings is 1. The van der Waals surface area contributed by atoms with Crippen LogP contribution in [0.4, 0.5) is 0 Å². The van der Waals surface area contributed by atoms with Crippen LogP contribution in [0.3, 0.4) is 0 Å². The zero-order valence-corrected chi connectivity index (χ0v) is 9.16. The first-order valence-corrected chi connectivity index (χ1v) is 5.07. The van der Waals surface area contributed by atoms with E-state index in [0.717, 1.165) is 11.1 Å². The van der Waals surface area contributed by atoms with Crippen LogP contribution in [0.2, 0.25) is 0 Å². The number of aryl methyl sites for hydroxylation is 1. The first kappa shape index (κ1) is 11.7. The molecule has 0 aliphatic rings. The molecule has 0 bridgehead atoms. The third kappa shape index (κ3) is 4.13. The Labute approximate surface area is 90.1 Å². The fourth-order valence-electron chi connectivity index (χ4n) is 1.38. The van der Waals surface area contributed by atoms with E-state index in [1.54, 1.807) is 6.92 Å². The second kappa shape index (κ2) is 5.51. The first-order valence-electron chi connectivity index (χ1n) is 5.07. The molecule has 0 fully saturated rings. The van der Waals surface area contributed by atoms with Crippen molar-refractivity contribution in [3.8, 4) is 0 Å². The van der Waals surface area contributed by atoms with Gasteiger partial charge in [-0.3, -0.25) is 4.79 Å². The Morgan fingerprint density at radius 1 is 1.53 bits per heavy atom. The van der Waals surface area contributed by atoms with Gasteiger partial charge in [0.1, 0.15) is 0 Å². The second-order valence-corrected chi connectivity index (χ2v) is 3.82. The summed E-state index contributed by atoms with van der Waals surface area (Å²) in [5, 5.41) is 11.5. The van der Waals surface area contributed by atoms with Crippen molar-refractivity contribution in [2.75, 3.05) is 6.61 Å². The van der Waals surface area contributed by atoms with Gasteiger partial charge < -0.3 is 10.4 Å². The molecule has 0 aliphatic heterocycles. The topological polar surface area (TPSA) is 49.3 Å². The molecule has 0 heterocycles. The maximum atomic E-state index is 11.5. The highest BCUT2D eigenvalue weighted by Crippen LogP contribution is 2.04. The molecular formula is C12H17NO2. The molecule has 0 saturated heterocycles. The van der Waals surface area contributed by atoms with Crippen LogP contribution in [0.1, 0.15) is 18.1 Å². The fraction of sp³-hybridized carbons (Fsp3) is 0.417. The summed E-state index contributed by atoms with van der Waals surface area (Å²) < 4.78 is 0. The largest absolute Gasteiger partial charge is 0.394 e. The van der Waals surface area contributed by atoms with Gasteiger partial charge in [-0.1, -0.05) is 29.8 Å². The monoisotopic (exact) mass is 207 g/mol. The molecule has 0 radical (unpaired) electrons. The highest BCUT2D eigenvalue weighted by molar-refractivity contribution is 5.78. The number of rotatable bonds is 4. The van der Waals surface area contributed by atoms with E-state index in [-0.39, 0.29) is 18.6 Å². The van der Waals surface area contributed by atoms with E-state index in [1.807, 2.05) is 31.2 Å². The number of nitrogens with one attached hydrogen (secondary N) is 1. The Bertz CT molecular complexity index is 336. The smallest absolute Gasteiger partial charge is 0.224 e. The lowest BCUT2D eigenvalue weighted by atomic mass is 10.1. The third-order valence-corrected chi connectivity index (χ3v) is 2.13. The number of hydrogen-bond donors (Lipinski definition) is 2. The number of amides is 1. The SMILES string of the molecule is Cc1cccc(CC(=O)N[C@@H](C)CO)c1. The first-order chi connectivity index (χ1) is 7.11. The fourth-order valence-corrected chi connectivity index (χ4v) is 1.38. The Kier molecular flexibility index (Phi) is 4.31. The number of hydrogen-bond acceptors (Lipinski definition) is 2. The van der Waals surface area contributed by atoms with Gasteiger partial charge in [0.2, 0.25) is 5.91 Å². The zero-order valence-electron chi connectivity index (χ0n) is 9.16. The van der Waals surface area contributed by atoms with Crippen LogP contribution in [0.15, 0.2) is 24.3 Å². The molecule has 1 aromatic carbocycles. The average molecular weight is 207 g/mol. The van der Waals surface area contributed by atoms with Crippen molar-refractivity contribution in [3.05, 3.63) is 35.4 Å². The summed E-state index contributed by atoms with van der Waals surface area (Å²) in [7, 11) is 0. The lowest BCUT2D eigenvalue weighted by Crippen LogP contribution is -2.35. The van der Waals surface area contributed by atoms with Crippen LogP contribution >= 0.6 is 0 Å². The molecular weight excluding hydrogens is 190 g/mol. The second-order valence-electron chi connectivity index (χ2n) is 3.82. The Morgan fingerprint density at radius 2 is 2.27 bits per heavy atom. The van der Waals surface area contributed by atoms with Gasteiger partial charge in [-0.15, -0.1) is 0 Å². The predicted octanol–water partition coefficient (Wildman–Crippen LogP) is 1.03. The standard InChI is InChI=1S/C12H17NO2/c1-9-4-3-5-11(6-9)7-12(15)13-10(2)8-14/h3-6,10,14H,7-8H2,1-2H3,(H,13,15)/t10-/m0/s1. The van der Waals surface area contributed by atoms with Crippen molar-refractivity contribution in [2.45, 2.75) is 26.3 Å². The van der Waals surface area contributed by atoms with E-state index < -0.39 is 0 Å². The van der Waals surface area contributed by atoms with E-state index in [1.165, 1.54) is 0 Å². The van der Waals surface area contributed by atoms with Crippen molar-refractivity contribution in [1.29, 1.82) is 0 Å². The van der Waals surface area contributed by atoms with Crippen molar-refractivity contribution in [2.24, 2.45) is 0 Å². The normalized spacial score (nSPS) is 12.2. The molecule has 2 N–H and O–H groups in total. The van der Waals surface area contributed by atoms with Crippen molar-refractivity contribution in [1.82, 2.24) is 5.32 Å². The van der Waals surface area contributed by atoms with Crippen LogP contribution in [-0.4, -0.2) is 23.7 Å². The molecule has 82 valence electrons. The lowest BCUT2D eigenvalue weighted by molar-refractivity contribution is -0.121. The minimum Gasteiger partial charge on any atom is -0.394 e. The maximum Gasteiger partial charge on any atom is 0.224 e. The summed E-state index contributed by atoms with van der Waals surface area (Å²) in [6, 6.07) is 7.67. The van der Waals surface area contributed by atoms with Gasteiger partial charge in [-0.05, 0) is 19.4 Å². The van der Waals surface area contributed by atoms with Gasteiger partial charge in [0.05, 0.1) is 13.0 Å². The van der Waals surface area contributed by atoms with Gasteiger partial charge in [-0.25, -0.2) is 0 Å². The van der Waals surface area contributed by atoms with E-state index in [0.29, 0.717) is 6.42 Å². The Balaban J connectivity index is 2.51. The third-order valence-electron chi connectivity index (χ3n) is 2.13. The number of aliphatic hydroxyl groups is 1. The molecule has 0 aromatic heterocycles.